The third kappa shape index (κ3) is 3.46. The first-order chi connectivity index (χ1) is 8.39. The van der Waals surface area contributed by atoms with E-state index in [1.54, 1.807) is 13.0 Å². The van der Waals surface area contributed by atoms with E-state index in [-0.39, 0.29) is 18.7 Å². The van der Waals surface area contributed by atoms with E-state index in [2.05, 4.69) is 9.82 Å². The largest absolute Gasteiger partial charge is 0.480 e. The zero-order valence-corrected chi connectivity index (χ0v) is 10.4. The molecule has 0 aliphatic heterocycles. The minimum atomic E-state index is -3.80. The van der Waals surface area contributed by atoms with Crippen LogP contribution in [0.3, 0.4) is 0 Å². The highest BCUT2D eigenvalue weighted by Gasteiger charge is 2.23. The Kier molecular flexibility index (Phi) is 4.28. The Hall–Kier alpha value is -2.08. The van der Waals surface area contributed by atoms with E-state index in [0.717, 1.165) is 4.68 Å². The lowest BCUT2D eigenvalue weighted by molar-refractivity contribution is -0.137. The quantitative estimate of drug-likeness (QED) is 0.751. The van der Waals surface area contributed by atoms with Crippen molar-refractivity contribution in [2.24, 2.45) is 0 Å². The van der Waals surface area contributed by atoms with E-state index in [0.29, 0.717) is 0 Å². The van der Waals surface area contributed by atoms with Crippen LogP contribution in [-0.2, 0) is 21.4 Å². The molecule has 98 valence electrons. The molecule has 1 aromatic heterocycles. The molecule has 0 aromatic carbocycles. The van der Waals surface area contributed by atoms with Gasteiger partial charge in [0.15, 0.2) is 5.25 Å². The Bertz CT molecular complexity index is 572. The number of carboxylic acids is 1. The Balaban J connectivity index is 2.82. The summed E-state index contributed by atoms with van der Waals surface area (Å²) in [7, 11) is -3.80. The molecule has 0 bridgehead atoms. The highest BCUT2D eigenvalue weighted by molar-refractivity contribution is 7.93. The number of aromatic nitrogens is 2. The van der Waals surface area contributed by atoms with Crippen LogP contribution >= 0.6 is 0 Å². The second kappa shape index (κ2) is 5.50. The summed E-state index contributed by atoms with van der Waals surface area (Å²) in [6, 6.07) is 1.68. The second-order valence-corrected chi connectivity index (χ2v) is 5.36. The Morgan fingerprint density at radius 2 is 2.39 bits per heavy atom. The summed E-state index contributed by atoms with van der Waals surface area (Å²) in [6.45, 7) is 1.22. The molecule has 1 atom stereocenters. The number of nitriles is 1. The summed E-state index contributed by atoms with van der Waals surface area (Å²) in [5.74, 6) is -1.09. The van der Waals surface area contributed by atoms with Gasteiger partial charge in [0.2, 0.25) is 10.0 Å². The monoisotopic (exact) mass is 272 g/mol. The van der Waals surface area contributed by atoms with Crippen LogP contribution in [0.15, 0.2) is 12.4 Å². The van der Waals surface area contributed by atoms with E-state index in [4.69, 9.17) is 10.4 Å². The van der Waals surface area contributed by atoms with Crippen molar-refractivity contribution in [3.05, 3.63) is 12.4 Å². The van der Waals surface area contributed by atoms with Crippen LogP contribution in [0, 0.1) is 11.3 Å². The van der Waals surface area contributed by atoms with Crippen molar-refractivity contribution in [3.8, 4) is 6.07 Å². The van der Waals surface area contributed by atoms with Crippen LogP contribution in [0.25, 0.3) is 0 Å². The molecule has 8 nitrogen and oxygen atoms in total. The van der Waals surface area contributed by atoms with Crippen LogP contribution in [0.5, 0.6) is 0 Å². The predicted octanol–water partition coefficient (Wildman–Crippen LogP) is 0.0116. The fraction of sp³-hybridized carbons (Fsp3) is 0.444. The number of rotatable bonds is 6. The minimum Gasteiger partial charge on any atom is -0.480 e. The highest BCUT2D eigenvalue weighted by Crippen LogP contribution is 2.12. The molecule has 0 fully saturated rings. The summed E-state index contributed by atoms with van der Waals surface area (Å²) in [5.41, 5.74) is 0.130. The fourth-order valence-corrected chi connectivity index (χ4v) is 2.41. The summed E-state index contributed by atoms with van der Waals surface area (Å²) in [5, 5.41) is 19.8. The van der Waals surface area contributed by atoms with Gasteiger partial charge in [-0.2, -0.15) is 10.4 Å². The maximum atomic E-state index is 11.7. The maximum absolute atomic E-state index is 11.7. The molecule has 0 saturated heterocycles. The Labute approximate surface area is 104 Å². The lowest BCUT2D eigenvalue weighted by Gasteiger charge is -2.08. The zero-order chi connectivity index (χ0) is 13.8. The van der Waals surface area contributed by atoms with E-state index >= 15 is 0 Å². The Morgan fingerprint density at radius 3 is 2.89 bits per heavy atom. The van der Waals surface area contributed by atoms with E-state index in [9.17, 15) is 13.2 Å². The molecule has 1 aromatic rings. The van der Waals surface area contributed by atoms with Gasteiger partial charge in [-0.15, -0.1) is 0 Å². The standard InChI is InChI=1S/C9H12N4O4S/c1-2-8(3-10)18(16,17)12-7-4-11-13(5-7)6-9(14)15/h4-5,8,12H,2,6H2,1H3,(H,14,15). The van der Waals surface area contributed by atoms with Crippen LogP contribution in [-0.4, -0.2) is 34.5 Å². The van der Waals surface area contributed by atoms with Gasteiger partial charge >= 0.3 is 5.97 Å². The van der Waals surface area contributed by atoms with Gasteiger partial charge in [-0.1, -0.05) is 6.92 Å². The van der Waals surface area contributed by atoms with E-state index in [1.807, 2.05) is 0 Å². The first kappa shape index (κ1) is 14.0. The maximum Gasteiger partial charge on any atom is 0.325 e. The summed E-state index contributed by atoms with van der Waals surface area (Å²) in [4.78, 5) is 10.4. The molecule has 1 heterocycles. The number of carbonyl (C=O) groups is 1. The number of nitrogens with zero attached hydrogens (tertiary/aromatic N) is 3. The number of hydrogen-bond acceptors (Lipinski definition) is 5. The average molecular weight is 272 g/mol. The molecule has 1 unspecified atom stereocenters. The van der Waals surface area contributed by atoms with E-state index < -0.39 is 21.2 Å². The third-order valence-corrected chi connectivity index (χ3v) is 3.79. The summed E-state index contributed by atoms with van der Waals surface area (Å²) in [6.07, 6.45) is 2.59. The number of carboxylic acid groups (broad SMARTS) is 1. The lowest BCUT2D eigenvalue weighted by Crippen LogP contribution is -2.25. The number of anilines is 1. The van der Waals surface area contributed by atoms with Crippen LogP contribution < -0.4 is 4.72 Å². The number of aliphatic carboxylic acids is 1. The van der Waals surface area contributed by atoms with Gasteiger partial charge in [0, 0.05) is 6.20 Å². The SMILES string of the molecule is CCC(C#N)S(=O)(=O)Nc1cnn(CC(=O)O)c1. The van der Waals surface area contributed by atoms with Crippen molar-refractivity contribution >= 4 is 21.7 Å². The van der Waals surface area contributed by atoms with Crippen molar-refractivity contribution in [2.75, 3.05) is 4.72 Å². The number of sulfonamides is 1. The molecular formula is C9H12N4O4S. The predicted molar refractivity (Wildman–Crippen MR) is 62.1 cm³/mol. The van der Waals surface area contributed by atoms with Gasteiger partial charge in [-0.3, -0.25) is 14.2 Å². The van der Waals surface area contributed by atoms with Crippen molar-refractivity contribution in [3.63, 3.8) is 0 Å². The second-order valence-electron chi connectivity index (χ2n) is 3.49. The summed E-state index contributed by atoms with van der Waals surface area (Å²) < 4.78 is 26.7. The Morgan fingerprint density at radius 1 is 1.72 bits per heavy atom. The smallest absolute Gasteiger partial charge is 0.325 e. The van der Waals surface area contributed by atoms with Gasteiger partial charge in [-0.05, 0) is 6.42 Å². The molecule has 1 rings (SSSR count). The molecule has 0 saturated carbocycles. The zero-order valence-electron chi connectivity index (χ0n) is 9.57. The topological polar surface area (TPSA) is 125 Å². The lowest BCUT2D eigenvalue weighted by atomic mass is 10.4. The molecule has 0 spiro atoms. The molecule has 0 aliphatic carbocycles. The molecule has 0 radical (unpaired) electrons. The molecule has 0 amide bonds. The first-order valence-electron chi connectivity index (χ1n) is 5.04. The molecule has 18 heavy (non-hydrogen) atoms. The first-order valence-corrected chi connectivity index (χ1v) is 6.59. The van der Waals surface area contributed by atoms with Crippen molar-refractivity contribution < 1.29 is 18.3 Å². The minimum absolute atomic E-state index is 0.130. The molecule has 0 aliphatic rings. The van der Waals surface area contributed by atoms with Crippen molar-refractivity contribution in [1.82, 2.24) is 9.78 Å². The van der Waals surface area contributed by atoms with Gasteiger partial charge in [0.1, 0.15) is 6.54 Å². The fourth-order valence-electron chi connectivity index (χ4n) is 1.26. The molecule has 9 heteroatoms. The normalized spacial score (nSPS) is 12.7. The van der Waals surface area contributed by atoms with Crippen LogP contribution in [0.1, 0.15) is 13.3 Å². The van der Waals surface area contributed by atoms with Crippen molar-refractivity contribution in [1.29, 1.82) is 5.26 Å². The average Bonchev–Trinajstić information content (AvgIpc) is 2.64. The third-order valence-electron chi connectivity index (χ3n) is 2.08. The molecule has 2 N–H and O–H groups in total. The van der Waals surface area contributed by atoms with E-state index in [1.165, 1.54) is 12.4 Å². The van der Waals surface area contributed by atoms with Gasteiger partial charge in [-0.25, -0.2) is 8.42 Å². The van der Waals surface area contributed by atoms with Crippen LogP contribution in [0.4, 0.5) is 5.69 Å². The van der Waals surface area contributed by atoms with Gasteiger partial charge in [0.05, 0.1) is 18.0 Å². The van der Waals surface area contributed by atoms with Crippen molar-refractivity contribution in [2.45, 2.75) is 25.1 Å². The highest BCUT2D eigenvalue weighted by atomic mass is 32.2. The number of nitrogens with one attached hydrogen (secondary N) is 1. The van der Waals surface area contributed by atoms with Gasteiger partial charge in [0.25, 0.3) is 0 Å². The van der Waals surface area contributed by atoms with Crippen LogP contribution in [0.2, 0.25) is 0 Å². The van der Waals surface area contributed by atoms with Gasteiger partial charge < -0.3 is 5.11 Å². The molecular weight excluding hydrogens is 260 g/mol. The number of hydrogen-bond donors (Lipinski definition) is 2. The summed E-state index contributed by atoms with van der Waals surface area (Å²) >= 11 is 0.